The zero-order chi connectivity index (χ0) is 16.3. The Morgan fingerprint density at radius 1 is 1.32 bits per heavy atom. The lowest BCUT2D eigenvalue weighted by molar-refractivity contribution is -0.137. The van der Waals surface area contributed by atoms with Gasteiger partial charge in [0.15, 0.2) is 0 Å². The Bertz CT molecular complexity index is 687. The van der Waals surface area contributed by atoms with Crippen molar-refractivity contribution in [2.45, 2.75) is 12.6 Å². The van der Waals surface area contributed by atoms with Crippen LogP contribution in [0.4, 0.5) is 19.2 Å². The molecule has 3 N–H and O–H groups in total. The van der Waals surface area contributed by atoms with E-state index in [1.807, 2.05) is 0 Å². The molecule has 0 aliphatic carbocycles. The molecule has 1 aromatic heterocycles. The molecule has 0 saturated heterocycles. The van der Waals surface area contributed by atoms with Crippen molar-refractivity contribution in [3.63, 3.8) is 0 Å². The molecular weight excluding hydrogens is 325 g/mol. The standard InChI is InChI=1S/C12H10ClF3N4O2/c13-8-4-6(3-7(5-8)12(14,15)16)10(21)18-2-1-9-19-20-11(17)22-9/h3-5H,1-2H2,(H2,17,20)(H,18,21). The van der Waals surface area contributed by atoms with Crippen molar-refractivity contribution in [1.29, 1.82) is 0 Å². The summed E-state index contributed by atoms with van der Waals surface area (Å²) in [6.07, 6.45) is -4.39. The van der Waals surface area contributed by atoms with Crippen LogP contribution in [-0.2, 0) is 12.6 Å². The number of nitrogen functional groups attached to an aromatic ring is 1. The molecule has 2 aromatic rings. The Morgan fingerprint density at radius 2 is 2.05 bits per heavy atom. The van der Waals surface area contributed by atoms with Gasteiger partial charge in [-0.05, 0) is 18.2 Å². The highest BCUT2D eigenvalue weighted by Crippen LogP contribution is 2.31. The molecule has 0 bridgehead atoms. The second-order valence-electron chi connectivity index (χ2n) is 4.27. The van der Waals surface area contributed by atoms with Crippen LogP contribution in [0, 0.1) is 0 Å². The number of alkyl halides is 3. The van der Waals surface area contributed by atoms with Crippen molar-refractivity contribution in [2.75, 3.05) is 12.3 Å². The Hall–Kier alpha value is -2.29. The molecule has 0 aliphatic rings. The number of nitrogens with one attached hydrogen (secondary N) is 1. The number of halogens is 4. The first-order chi connectivity index (χ1) is 10.3. The summed E-state index contributed by atoms with van der Waals surface area (Å²) in [4.78, 5) is 11.8. The van der Waals surface area contributed by atoms with Gasteiger partial charge in [0.1, 0.15) is 0 Å². The molecule has 0 aliphatic heterocycles. The number of amides is 1. The highest BCUT2D eigenvalue weighted by molar-refractivity contribution is 6.31. The maximum absolute atomic E-state index is 12.7. The van der Waals surface area contributed by atoms with Gasteiger partial charge in [0, 0.05) is 23.6 Å². The van der Waals surface area contributed by atoms with Crippen LogP contribution < -0.4 is 11.1 Å². The minimum atomic E-state index is -4.58. The Balaban J connectivity index is 2.01. The van der Waals surface area contributed by atoms with E-state index in [0.29, 0.717) is 0 Å². The lowest BCUT2D eigenvalue weighted by atomic mass is 10.1. The van der Waals surface area contributed by atoms with Gasteiger partial charge in [-0.2, -0.15) is 13.2 Å². The first kappa shape index (κ1) is 16.1. The van der Waals surface area contributed by atoms with Crippen molar-refractivity contribution in [3.8, 4) is 0 Å². The minimum absolute atomic E-state index is 0.0916. The predicted octanol–water partition coefficient (Wildman–Crippen LogP) is 2.30. The zero-order valence-electron chi connectivity index (χ0n) is 10.9. The molecule has 0 radical (unpaired) electrons. The third kappa shape index (κ3) is 4.10. The first-order valence-electron chi connectivity index (χ1n) is 5.99. The van der Waals surface area contributed by atoms with Crippen LogP contribution in [-0.4, -0.2) is 22.6 Å². The van der Waals surface area contributed by atoms with Gasteiger partial charge in [-0.3, -0.25) is 4.79 Å². The smallest absolute Gasteiger partial charge is 0.408 e. The van der Waals surface area contributed by atoms with Gasteiger partial charge >= 0.3 is 12.2 Å². The predicted molar refractivity (Wildman–Crippen MR) is 71.2 cm³/mol. The highest BCUT2D eigenvalue weighted by Gasteiger charge is 2.31. The Kier molecular flexibility index (Phi) is 4.55. The van der Waals surface area contributed by atoms with Crippen molar-refractivity contribution in [2.24, 2.45) is 0 Å². The SMILES string of the molecule is Nc1nnc(CCNC(=O)c2cc(Cl)cc(C(F)(F)F)c2)o1. The fraction of sp³-hybridized carbons (Fsp3) is 0.250. The van der Waals surface area contributed by atoms with E-state index < -0.39 is 17.6 Å². The molecule has 0 saturated carbocycles. The molecule has 118 valence electrons. The molecule has 0 atom stereocenters. The van der Waals surface area contributed by atoms with E-state index in [1.165, 1.54) is 0 Å². The fourth-order valence-corrected chi connectivity index (χ4v) is 1.87. The van der Waals surface area contributed by atoms with Gasteiger partial charge in [0.2, 0.25) is 5.89 Å². The van der Waals surface area contributed by atoms with E-state index in [1.54, 1.807) is 0 Å². The summed E-state index contributed by atoms with van der Waals surface area (Å²) >= 11 is 5.61. The monoisotopic (exact) mass is 334 g/mol. The summed E-state index contributed by atoms with van der Waals surface area (Å²) in [6, 6.07) is 2.52. The maximum atomic E-state index is 12.7. The number of hydrogen-bond donors (Lipinski definition) is 2. The fourth-order valence-electron chi connectivity index (χ4n) is 1.64. The summed E-state index contributed by atoms with van der Waals surface area (Å²) in [6.45, 7) is 0.0916. The van der Waals surface area contributed by atoms with Gasteiger partial charge < -0.3 is 15.5 Å². The number of rotatable bonds is 4. The van der Waals surface area contributed by atoms with Crippen LogP contribution >= 0.6 is 11.6 Å². The quantitative estimate of drug-likeness (QED) is 0.894. The number of nitrogens with two attached hydrogens (primary N) is 1. The topological polar surface area (TPSA) is 94.0 Å². The third-order valence-corrected chi connectivity index (χ3v) is 2.81. The third-order valence-electron chi connectivity index (χ3n) is 2.59. The summed E-state index contributed by atoms with van der Waals surface area (Å²) < 4.78 is 42.9. The van der Waals surface area contributed by atoms with E-state index in [-0.39, 0.29) is 35.5 Å². The molecule has 0 unspecified atom stereocenters. The van der Waals surface area contributed by atoms with Crippen molar-refractivity contribution in [3.05, 3.63) is 40.2 Å². The van der Waals surface area contributed by atoms with Crippen molar-refractivity contribution < 1.29 is 22.4 Å². The van der Waals surface area contributed by atoms with E-state index in [4.69, 9.17) is 21.8 Å². The molecule has 22 heavy (non-hydrogen) atoms. The average Bonchev–Trinajstić information content (AvgIpc) is 2.82. The van der Waals surface area contributed by atoms with Crippen LogP contribution in [0.2, 0.25) is 5.02 Å². The molecule has 2 rings (SSSR count). The van der Waals surface area contributed by atoms with Crippen LogP contribution in [0.15, 0.2) is 22.6 Å². The lowest BCUT2D eigenvalue weighted by Gasteiger charge is -2.10. The number of nitrogens with zero attached hydrogens (tertiary/aromatic N) is 2. The zero-order valence-corrected chi connectivity index (χ0v) is 11.7. The summed E-state index contributed by atoms with van der Waals surface area (Å²) in [7, 11) is 0. The Labute approximate surface area is 127 Å². The highest BCUT2D eigenvalue weighted by atomic mass is 35.5. The van der Waals surface area contributed by atoms with Gasteiger partial charge in [-0.15, -0.1) is 5.10 Å². The molecule has 6 nitrogen and oxygen atoms in total. The number of carbonyl (C=O) groups excluding carboxylic acids is 1. The van der Waals surface area contributed by atoms with Crippen LogP contribution in [0.25, 0.3) is 0 Å². The molecule has 1 heterocycles. The molecular formula is C12H10ClF3N4O2. The first-order valence-corrected chi connectivity index (χ1v) is 6.37. The molecule has 0 fully saturated rings. The van der Waals surface area contributed by atoms with Crippen molar-refractivity contribution >= 4 is 23.5 Å². The van der Waals surface area contributed by atoms with Crippen molar-refractivity contribution in [1.82, 2.24) is 15.5 Å². The Morgan fingerprint density at radius 3 is 2.64 bits per heavy atom. The number of hydrogen-bond acceptors (Lipinski definition) is 5. The number of anilines is 1. The van der Waals surface area contributed by atoms with Crippen LogP contribution in [0.5, 0.6) is 0 Å². The van der Waals surface area contributed by atoms with E-state index in [9.17, 15) is 18.0 Å². The van der Waals surface area contributed by atoms with Gasteiger partial charge in [-0.25, -0.2) is 0 Å². The van der Waals surface area contributed by atoms with E-state index in [2.05, 4.69) is 15.5 Å². The summed E-state index contributed by atoms with van der Waals surface area (Å²) in [5.41, 5.74) is 4.05. The second-order valence-corrected chi connectivity index (χ2v) is 4.70. The molecule has 0 spiro atoms. The van der Waals surface area contributed by atoms with Gasteiger partial charge in [0.05, 0.1) is 5.56 Å². The van der Waals surface area contributed by atoms with E-state index in [0.717, 1.165) is 18.2 Å². The minimum Gasteiger partial charge on any atom is -0.408 e. The number of benzene rings is 1. The number of aromatic nitrogens is 2. The van der Waals surface area contributed by atoms with Gasteiger partial charge in [0.25, 0.3) is 5.91 Å². The van der Waals surface area contributed by atoms with Crippen LogP contribution in [0.3, 0.4) is 0 Å². The largest absolute Gasteiger partial charge is 0.416 e. The summed E-state index contributed by atoms with van der Waals surface area (Å²) in [5, 5.41) is 9.26. The normalized spacial score (nSPS) is 11.5. The average molecular weight is 335 g/mol. The maximum Gasteiger partial charge on any atom is 0.416 e. The lowest BCUT2D eigenvalue weighted by Crippen LogP contribution is -2.26. The van der Waals surface area contributed by atoms with Crippen LogP contribution in [0.1, 0.15) is 21.8 Å². The number of carbonyl (C=O) groups is 1. The molecule has 1 amide bonds. The molecule has 10 heteroatoms. The van der Waals surface area contributed by atoms with Gasteiger partial charge in [-0.1, -0.05) is 16.7 Å². The second kappa shape index (κ2) is 6.22. The molecule has 1 aromatic carbocycles. The van der Waals surface area contributed by atoms with E-state index >= 15 is 0 Å². The summed E-state index contributed by atoms with van der Waals surface area (Å²) in [5.74, 6) is -0.486.